The summed E-state index contributed by atoms with van der Waals surface area (Å²) in [5.41, 5.74) is 5.20. The molecule has 3 atom stereocenters. The molecule has 1 amide bonds. The Morgan fingerprint density at radius 2 is 1.97 bits per heavy atom. The van der Waals surface area contributed by atoms with Crippen LogP contribution in [0.15, 0.2) is 67.1 Å². The first kappa shape index (κ1) is 22.5. The Bertz CT molecular complexity index is 1190. The smallest absolute Gasteiger partial charge is 0.238 e. The molecule has 7 nitrogen and oxygen atoms in total. The van der Waals surface area contributed by atoms with Crippen molar-refractivity contribution in [2.45, 2.75) is 23.9 Å². The van der Waals surface area contributed by atoms with E-state index < -0.39 is 0 Å². The van der Waals surface area contributed by atoms with Gasteiger partial charge in [-0.15, -0.1) is 11.8 Å². The lowest BCUT2D eigenvalue weighted by Gasteiger charge is -2.42. The first-order valence-corrected chi connectivity index (χ1v) is 13.4. The maximum Gasteiger partial charge on any atom is 0.238 e. The quantitative estimate of drug-likeness (QED) is 0.575. The van der Waals surface area contributed by atoms with Gasteiger partial charge in [-0.3, -0.25) is 20.0 Å². The number of pyridine rings is 2. The molecule has 2 saturated heterocycles. The van der Waals surface area contributed by atoms with Crippen molar-refractivity contribution in [2.24, 2.45) is 0 Å². The Morgan fingerprint density at radius 3 is 2.89 bits per heavy atom. The summed E-state index contributed by atoms with van der Waals surface area (Å²) in [6.07, 6.45) is 6.47. The Morgan fingerprint density at radius 1 is 1.09 bits per heavy atom. The first-order valence-electron chi connectivity index (χ1n) is 12.3. The number of carbonyl (C=O) groups is 1. The van der Waals surface area contributed by atoms with Crippen LogP contribution < -0.4 is 15.5 Å². The third-order valence-electron chi connectivity index (χ3n) is 7.21. The molecule has 180 valence electrons. The van der Waals surface area contributed by atoms with Gasteiger partial charge >= 0.3 is 0 Å². The lowest BCUT2D eigenvalue weighted by Crippen LogP contribution is -2.51. The molecule has 0 saturated carbocycles. The minimum absolute atomic E-state index is 0.0838. The van der Waals surface area contributed by atoms with Crippen LogP contribution in [0.4, 0.5) is 5.82 Å². The molecule has 8 heteroatoms. The normalized spacial score (nSPS) is 23.7. The third kappa shape index (κ3) is 4.66. The van der Waals surface area contributed by atoms with E-state index in [0.717, 1.165) is 49.7 Å². The fourth-order valence-corrected chi connectivity index (χ4v) is 6.65. The predicted octanol–water partition coefficient (Wildman–Crippen LogP) is 2.76. The molecular formula is C27H30N6OS. The lowest BCUT2D eigenvalue weighted by atomic mass is 9.96. The Balaban J connectivity index is 1.07. The van der Waals surface area contributed by atoms with E-state index in [0.29, 0.717) is 6.54 Å². The lowest BCUT2D eigenvalue weighted by molar-refractivity contribution is -0.122. The number of benzene rings is 1. The van der Waals surface area contributed by atoms with Gasteiger partial charge in [0.2, 0.25) is 5.91 Å². The second-order valence-electron chi connectivity index (χ2n) is 9.38. The van der Waals surface area contributed by atoms with E-state index in [1.807, 2.05) is 24.5 Å². The van der Waals surface area contributed by atoms with Crippen molar-refractivity contribution in [1.82, 2.24) is 25.5 Å². The summed E-state index contributed by atoms with van der Waals surface area (Å²) in [5, 5.41) is 6.73. The van der Waals surface area contributed by atoms with E-state index in [-0.39, 0.29) is 23.4 Å². The van der Waals surface area contributed by atoms with Crippen molar-refractivity contribution < 1.29 is 4.79 Å². The third-order valence-corrected chi connectivity index (χ3v) is 8.48. The van der Waals surface area contributed by atoms with E-state index in [2.05, 4.69) is 61.8 Å². The minimum Gasteiger partial charge on any atom is -0.353 e. The number of nitrogens with one attached hydrogen (secondary N) is 2. The summed E-state index contributed by atoms with van der Waals surface area (Å²) in [5.74, 6) is 1.98. The highest BCUT2D eigenvalue weighted by Crippen LogP contribution is 2.38. The molecule has 3 aliphatic rings. The number of nitrogens with zero attached hydrogens (tertiary/aromatic N) is 4. The standard InChI is InChI=1S/C27H30N6OS/c34-26(23-18-35-27(31-23)21-7-3-9-28-16-21)30-11-12-32-13-14-33-24(17-32)22-8-2-1-5-19(22)15-20-6-4-10-29-25(20)33/h1-10,16,23-24,27,31H,11-15,17-18H2,(H,30,34)/t23-,24+,27?/m0/s1. The molecule has 35 heavy (non-hydrogen) atoms. The number of hydrogen-bond donors (Lipinski definition) is 2. The van der Waals surface area contributed by atoms with Crippen molar-refractivity contribution in [3.05, 3.63) is 89.4 Å². The van der Waals surface area contributed by atoms with Crippen LogP contribution in [0.25, 0.3) is 0 Å². The Kier molecular flexibility index (Phi) is 6.41. The number of anilines is 1. The number of piperazine rings is 1. The molecular weight excluding hydrogens is 456 g/mol. The molecule has 2 fully saturated rings. The minimum atomic E-state index is -0.168. The van der Waals surface area contributed by atoms with Gasteiger partial charge in [-0.05, 0) is 34.4 Å². The molecule has 5 heterocycles. The summed E-state index contributed by atoms with van der Waals surface area (Å²) in [6, 6.07) is 17.1. The van der Waals surface area contributed by atoms with Gasteiger partial charge in [0.25, 0.3) is 0 Å². The first-order chi connectivity index (χ1) is 17.3. The molecule has 3 aromatic rings. The topological polar surface area (TPSA) is 73.4 Å². The van der Waals surface area contributed by atoms with Crippen molar-refractivity contribution in [3.63, 3.8) is 0 Å². The number of amides is 1. The zero-order chi connectivity index (χ0) is 23.6. The molecule has 6 rings (SSSR count). The van der Waals surface area contributed by atoms with Gasteiger partial charge in [0, 0.05) is 63.5 Å². The predicted molar refractivity (Wildman–Crippen MR) is 139 cm³/mol. The molecule has 1 aromatic carbocycles. The fraction of sp³-hybridized carbons (Fsp3) is 0.370. The molecule has 0 aliphatic carbocycles. The van der Waals surface area contributed by atoms with Crippen molar-refractivity contribution in [1.29, 1.82) is 0 Å². The Hall–Kier alpha value is -2.94. The van der Waals surface area contributed by atoms with E-state index >= 15 is 0 Å². The van der Waals surface area contributed by atoms with Crippen LogP contribution >= 0.6 is 11.8 Å². The highest BCUT2D eigenvalue weighted by molar-refractivity contribution is 7.99. The SMILES string of the molecule is O=C(NCCN1CCN2c3ncccc3Cc3ccccc3[C@H]2C1)[C@@H]1CSC(c2cccnc2)N1. The summed E-state index contributed by atoms with van der Waals surface area (Å²) >= 11 is 1.76. The maximum atomic E-state index is 12.8. The van der Waals surface area contributed by atoms with E-state index in [4.69, 9.17) is 4.98 Å². The van der Waals surface area contributed by atoms with Crippen LogP contribution in [0.1, 0.15) is 33.7 Å². The van der Waals surface area contributed by atoms with Gasteiger partial charge in [-0.1, -0.05) is 36.4 Å². The number of thioether (sulfide) groups is 1. The van der Waals surface area contributed by atoms with Gasteiger partial charge in [0.1, 0.15) is 5.82 Å². The molecule has 1 unspecified atom stereocenters. The number of aromatic nitrogens is 2. The fourth-order valence-electron chi connectivity index (χ4n) is 5.42. The van der Waals surface area contributed by atoms with Crippen molar-refractivity contribution >= 4 is 23.5 Å². The van der Waals surface area contributed by atoms with E-state index in [1.54, 1.807) is 18.0 Å². The van der Waals surface area contributed by atoms with Crippen molar-refractivity contribution in [2.75, 3.05) is 43.4 Å². The zero-order valence-corrected chi connectivity index (χ0v) is 20.5. The van der Waals surface area contributed by atoms with Gasteiger partial charge in [-0.25, -0.2) is 4.98 Å². The zero-order valence-electron chi connectivity index (χ0n) is 19.6. The molecule has 2 N–H and O–H groups in total. The summed E-state index contributed by atoms with van der Waals surface area (Å²) < 4.78 is 0. The second kappa shape index (κ2) is 9.97. The Labute approximate surface area is 210 Å². The van der Waals surface area contributed by atoms with Crippen LogP contribution in [0, 0.1) is 0 Å². The van der Waals surface area contributed by atoms with Gasteiger partial charge in [0.05, 0.1) is 17.5 Å². The van der Waals surface area contributed by atoms with Gasteiger partial charge < -0.3 is 10.2 Å². The van der Waals surface area contributed by atoms with E-state index in [9.17, 15) is 4.79 Å². The van der Waals surface area contributed by atoms with Gasteiger partial charge in [0.15, 0.2) is 0 Å². The monoisotopic (exact) mass is 486 g/mol. The average Bonchev–Trinajstić information content (AvgIpc) is 3.36. The van der Waals surface area contributed by atoms with E-state index in [1.165, 1.54) is 16.7 Å². The number of carbonyl (C=O) groups excluding carboxylic acids is 1. The highest BCUT2D eigenvalue weighted by atomic mass is 32.2. The average molecular weight is 487 g/mol. The molecule has 0 bridgehead atoms. The molecule has 0 spiro atoms. The molecule has 3 aliphatic heterocycles. The van der Waals surface area contributed by atoms with Crippen LogP contribution in [0.2, 0.25) is 0 Å². The van der Waals surface area contributed by atoms with Crippen molar-refractivity contribution in [3.8, 4) is 0 Å². The van der Waals surface area contributed by atoms with Crippen LogP contribution in [-0.4, -0.2) is 65.3 Å². The van der Waals surface area contributed by atoms with Crippen LogP contribution in [-0.2, 0) is 11.2 Å². The second-order valence-corrected chi connectivity index (χ2v) is 10.5. The number of rotatable bonds is 5. The van der Waals surface area contributed by atoms with Crippen LogP contribution in [0.3, 0.4) is 0 Å². The maximum absolute atomic E-state index is 12.8. The highest BCUT2D eigenvalue weighted by Gasteiger charge is 2.34. The summed E-state index contributed by atoms with van der Waals surface area (Å²) in [4.78, 5) is 26.7. The molecule has 2 aromatic heterocycles. The number of hydrogen-bond acceptors (Lipinski definition) is 7. The summed E-state index contributed by atoms with van der Waals surface area (Å²) in [6.45, 7) is 4.33. The summed E-state index contributed by atoms with van der Waals surface area (Å²) in [7, 11) is 0. The van der Waals surface area contributed by atoms with Gasteiger partial charge in [-0.2, -0.15) is 0 Å². The largest absolute Gasteiger partial charge is 0.353 e. The molecule has 0 radical (unpaired) electrons. The van der Waals surface area contributed by atoms with Crippen LogP contribution in [0.5, 0.6) is 0 Å². The number of fused-ring (bicyclic) bond motifs is 5.